The maximum atomic E-state index is 11.4. The molecule has 0 atom stereocenters. The largest absolute Gasteiger partial charge is 0.343 e. The van der Waals surface area contributed by atoms with Crippen molar-refractivity contribution < 1.29 is 4.79 Å². The molecule has 1 aliphatic rings. The molecule has 1 aliphatic heterocycles. The summed E-state index contributed by atoms with van der Waals surface area (Å²) in [7, 11) is 0. The van der Waals surface area contributed by atoms with Crippen molar-refractivity contribution in [3.63, 3.8) is 0 Å². The lowest BCUT2D eigenvalue weighted by molar-refractivity contribution is -0.132. The molecular weight excluding hydrogens is 210 g/mol. The Kier molecular flexibility index (Phi) is 13.2. The molecule has 0 bridgehead atoms. The van der Waals surface area contributed by atoms with Crippen LogP contribution in [-0.2, 0) is 4.79 Å². The van der Waals surface area contributed by atoms with E-state index in [-0.39, 0.29) is 0 Å². The highest BCUT2D eigenvalue weighted by Crippen LogP contribution is 2.24. The van der Waals surface area contributed by atoms with Crippen LogP contribution in [0.25, 0.3) is 0 Å². The second kappa shape index (κ2) is 11.9. The summed E-state index contributed by atoms with van der Waals surface area (Å²) in [5, 5.41) is 0. The fraction of sp³-hybridized carbons (Fsp3) is 0.933. The molecule has 0 radical (unpaired) electrons. The summed E-state index contributed by atoms with van der Waals surface area (Å²) in [6.45, 7) is 16.5. The van der Waals surface area contributed by atoms with Crippen LogP contribution in [0.5, 0.6) is 0 Å². The minimum Gasteiger partial charge on any atom is -0.343 e. The molecule has 1 rings (SSSR count). The molecule has 1 fully saturated rings. The SMILES string of the molecule is CC.CC.CCC(=O)N1CCC(C(C)C)CC1. The Bertz CT molecular complexity index is 170. The second-order valence-electron chi connectivity index (χ2n) is 4.32. The number of carbonyl (C=O) groups excluding carboxylic acids is 1. The van der Waals surface area contributed by atoms with Gasteiger partial charge in [-0.15, -0.1) is 0 Å². The van der Waals surface area contributed by atoms with Crippen LogP contribution in [0.4, 0.5) is 0 Å². The van der Waals surface area contributed by atoms with E-state index in [4.69, 9.17) is 0 Å². The van der Waals surface area contributed by atoms with E-state index >= 15 is 0 Å². The summed E-state index contributed by atoms with van der Waals surface area (Å²) in [6, 6.07) is 0. The first-order chi connectivity index (χ1) is 8.15. The molecule has 1 heterocycles. The number of amides is 1. The molecule has 0 spiro atoms. The fourth-order valence-corrected chi connectivity index (χ4v) is 2.04. The summed E-state index contributed by atoms with van der Waals surface area (Å²) in [4.78, 5) is 13.4. The molecule has 104 valence electrons. The van der Waals surface area contributed by atoms with E-state index in [0.29, 0.717) is 12.3 Å². The maximum absolute atomic E-state index is 11.4. The van der Waals surface area contributed by atoms with Crippen LogP contribution in [0.1, 0.15) is 67.7 Å². The minimum atomic E-state index is 0.321. The van der Waals surface area contributed by atoms with Crippen molar-refractivity contribution in [3.05, 3.63) is 0 Å². The van der Waals surface area contributed by atoms with E-state index in [2.05, 4.69) is 13.8 Å². The second-order valence-corrected chi connectivity index (χ2v) is 4.32. The standard InChI is InChI=1S/C11H21NO.2C2H6/c1-4-11(13)12-7-5-10(6-8-12)9(2)3;2*1-2/h9-10H,4-8H2,1-3H3;2*1-2H3. The molecule has 0 aromatic rings. The van der Waals surface area contributed by atoms with Crippen molar-refractivity contribution in [1.82, 2.24) is 4.90 Å². The van der Waals surface area contributed by atoms with Crippen molar-refractivity contribution in [2.75, 3.05) is 13.1 Å². The summed E-state index contributed by atoms with van der Waals surface area (Å²) < 4.78 is 0. The normalized spacial score (nSPS) is 15.6. The third kappa shape index (κ3) is 7.40. The van der Waals surface area contributed by atoms with Crippen molar-refractivity contribution >= 4 is 5.91 Å². The van der Waals surface area contributed by atoms with Crippen LogP contribution in [0.2, 0.25) is 0 Å². The highest BCUT2D eigenvalue weighted by atomic mass is 16.2. The molecule has 0 unspecified atom stereocenters. The van der Waals surface area contributed by atoms with Crippen LogP contribution in [0, 0.1) is 11.8 Å². The predicted molar refractivity (Wildman–Crippen MR) is 77.1 cm³/mol. The number of carbonyl (C=O) groups is 1. The summed E-state index contributed by atoms with van der Waals surface area (Å²) in [6.07, 6.45) is 3.05. The van der Waals surface area contributed by atoms with Gasteiger partial charge in [0.25, 0.3) is 0 Å². The van der Waals surface area contributed by atoms with E-state index in [1.807, 2.05) is 39.5 Å². The van der Waals surface area contributed by atoms with Crippen molar-refractivity contribution in [3.8, 4) is 0 Å². The van der Waals surface area contributed by atoms with Crippen LogP contribution in [0.15, 0.2) is 0 Å². The Balaban J connectivity index is 0. The topological polar surface area (TPSA) is 20.3 Å². The van der Waals surface area contributed by atoms with E-state index in [1.165, 1.54) is 12.8 Å². The van der Waals surface area contributed by atoms with Gasteiger partial charge in [0, 0.05) is 19.5 Å². The average molecular weight is 243 g/mol. The molecule has 0 N–H and O–H groups in total. The van der Waals surface area contributed by atoms with Crippen molar-refractivity contribution in [2.24, 2.45) is 11.8 Å². The van der Waals surface area contributed by atoms with Crippen molar-refractivity contribution in [1.29, 1.82) is 0 Å². The molecule has 0 aromatic heterocycles. The summed E-state index contributed by atoms with van der Waals surface area (Å²) in [5.74, 6) is 1.93. The number of nitrogens with zero attached hydrogens (tertiary/aromatic N) is 1. The fourth-order valence-electron chi connectivity index (χ4n) is 2.04. The van der Waals surface area contributed by atoms with Gasteiger partial charge in [-0.1, -0.05) is 48.5 Å². The van der Waals surface area contributed by atoms with Gasteiger partial charge in [0.05, 0.1) is 0 Å². The van der Waals surface area contributed by atoms with Crippen LogP contribution in [-0.4, -0.2) is 23.9 Å². The zero-order valence-electron chi connectivity index (χ0n) is 13.0. The first kappa shape index (κ1) is 18.8. The van der Waals surface area contributed by atoms with Gasteiger partial charge < -0.3 is 4.90 Å². The van der Waals surface area contributed by atoms with Gasteiger partial charge in [-0.25, -0.2) is 0 Å². The Morgan fingerprint density at radius 3 is 1.82 bits per heavy atom. The number of rotatable bonds is 2. The van der Waals surface area contributed by atoms with Gasteiger partial charge in [0.2, 0.25) is 5.91 Å². The third-order valence-electron chi connectivity index (χ3n) is 3.14. The third-order valence-corrected chi connectivity index (χ3v) is 3.14. The van der Waals surface area contributed by atoms with Crippen LogP contribution >= 0.6 is 0 Å². The van der Waals surface area contributed by atoms with E-state index in [9.17, 15) is 4.79 Å². The van der Waals surface area contributed by atoms with Gasteiger partial charge in [-0.2, -0.15) is 0 Å². The monoisotopic (exact) mass is 243 g/mol. The van der Waals surface area contributed by atoms with Gasteiger partial charge in [0.15, 0.2) is 0 Å². The van der Waals surface area contributed by atoms with Crippen LogP contribution < -0.4 is 0 Å². The smallest absolute Gasteiger partial charge is 0.222 e. The average Bonchev–Trinajstić information content (AvgIpc) is 2.42. The lowest BCUT2D eigenvalue weighted by atomic mass is 9.87. The molecular formula is C15H33NO. The Hall–Kier alpha value is -0.530. The number of hydrogen-bond acceptors (Lipinski definition) is 1. The molecule has 0 aromatic carbocycles. The molecule has 1 saturated heterocycles. The first-order valence-electron chi connectivity index (χ1n) is 7.43. The van der Waals surface area contributed by atoms with Gasteiger partial charge in [-0.3, -0.25) is 4.79 Å². The van der Waals surface area contributed by atoms with Gasteiger partial charge >= 0.3 is 0 Å². The molecule has 0 aliphatic carbocycles. The molecule has 2 nitrogen and oxygen atoms in total. The molecule has 1 amide bonds. The summed E-state index contributed by atoms with van der Waals surface area (Å²) >= 11 is 0. The number of hydrogen-bond donors (Lipinski definition) is 0. The maximum Gasteiger partial charge on any atom is 0.222 e. The lowest BCUT2D eigenvalue weighted by Gasteiger charge is -2.33. The van der Waals surface area contributed by atoms with Crippen molar-refractivity contribution in [2.45, 2.75) is 67.7 Å². The highest BCUT2D eigenvalue weighted by Gasteiger charge is 2.23. The number of likely N-dealkylation sites (tertiary alicyclic amines) is 1. The van der Waals surface area contributed by atoms with E-state index in [1.54, 1.807) is 0 Å². The minimum absolute atomic E-state index is 0.321. The Labute approximate surface area is 109 Å². The zero-order chi connectivity index (χ0) is 13.8. The quantitative estimate of drug-likeness (QED) is 0.706. The van der Waals surface area contributed by atoms with E-state index in [0.717, 1.165) is 24.9 Å². The molecule has 2 heteroatoms. The van der Waals surface area contributed by atoms with Crippen LogP contribution in [0.3, 0.4) is 0 Å². The zero-order valence-corrected chi connectivity index (χ0v) is 13.0. The highest BCUT2D eigenvalue weighted by molar-refractivity contribution is 5.75. The lowest BCUT2D eigenvalue weighted by Crippen LogP contribution is -2.39. The van der Waals surface area contributed by atoms with Gasteiger partial charge in [-0.05, 0) is 24.7 Å². The molecule has 0 saturated carbocycles. The predicted octanol–water partition coefficient (Wildman–Crippen LogP) is 4.34. The molecule has 17 heavy (non-hydrogen) atoms. The van der Waals surface area contributed by atoms with Gasteiger partial charge in [0.1, 0.15) is 0 Å². The number of piperidine rings is 1. The Morgan fingerprint density at radius 2 is 1.53 bits per heavy atom. The Morgan fingerprint density at radius 1 is 1.12 bits per heavy atom. The summed E-state index contributed by atoms with van der Waals surface area (Å²) in [5.41, 5.74) is 0. The van der Waals surface area contributed by atoms with E-state index < -0.39 is 0 Å². The first-order valence-corrected chi connectivity index (χ1v) is 7.43.